The van der Waals surface area contributed by atoms with Gasteiger partial charge in [-0.1, -0.05) is 6.07 Å². The first-order chi connectivity index (χ1) is 13.3. The van der Waals surface area contributed by atoms with Crippen LogP contribution >= 0.6 is 0 Å². The zero-order valence-electron chi connectivity index (χ0n) is 16.5. The summed E-state index contributed by atoms with van der Waals surface area (Å²) in [6.45, 7) is 6.34. The fraction of sp³-hybridized carbons (Fsp3) is 0.450. The Labute approximate surface area is 164 Å². The molecule has 1 aliphatic heterocycles. The molecule has 0 bridgehead atoms. The van der Waals surface area contributed by atoms with Crippen LogP contribution < -0.4 is 5.32 Å². The SMILES string of the molecule is Cc1ccc(F)c(NC(=O)CN2CCCN(C(=O)c3cc(C)nn3C)CC2)c1. The Balaban J connectivity index is 1.56. The number of aryl methyl sites for hydroxylation is 3. The lowest BCUT2D eigenvalue weighted by Crippen LogP contribution is -2.38. The molecule has 1 fully saturated rings. The van der Waals surface area contributed by atoms with Crippen LogP contribution in [0.25, 0.3) is 0 Å². The maximum Gasteiger partial charge on any atom is 0.272 e. The van der Waals surface area contributed by atoms with Gasteiger partial charge in [0.2, 0.25) is 5.91 Å². The van der Waals surface area contributed by atoms with Crippen molar-refractivity contribution in [2.75, 3.05) is 38.0 Å². The van der Waals surface area contributed by atoms with Gasteiger partial charge in [0.25, 0.3) is 5.91 Å². The van der Waals surface area contributed by atoms with E-state index in [1.807, 2.05) is 18.7 Å². The van der Waals surface area contributed by atoms with Crippen molar-refractivity contribution in [3.8, 4) is 0 Å². The van der Waals surface area contributed by atoms with Gasteiger partial charge in [-0.05, 0) is 44.0 Å². The number of aromatic nitrogens is 2. The Morgan fingerprint density at radius 1 is 1.14 bits per heavy atom. The Morgan fingerprint density at radius 3 is 2.64 bits per heavy atom. The van der Waals surface area contributed by atoms with E-state index in [1.54, 1.807) is 34.8 Å². The highest BCUT2D eigenvalue weighted by Gasteiger charge is 2.23. The number of hydrogen-bond donors (Lipinski definition) is 1. The maximum absolute atomic E-state index is 13.8. The largest absolute Gasteiger partial charge is 0.336 e. The van der Waals surface area contributed by atoms with Crippen LogP contribution in [0.5, 0.6) is 0 Å². The number of carbonyl (C=O) groups excluding carboxylic acids is 2. The zero-order valence-corrected chi connectivity index (χ0v) is 16.5. The van der Waals surface area contributed by atoms with E-state index in [0.717, 1.165) is 17.7 Å². The van der Waals surface area contributed by atoms with Gasteiger partial charge in [-0.2, -0.15) is 5.10 Å². The minimum atomic E-state index is -0.446. The quantitative estimate of drug-likeness (QED) is 0.871. The molecule has 1 N–H and O–H groups in total. The summed E-state index contributed by atoms with van der Waals surface area (Å²) in [7, 11) is 1.76. The molecule has 2 heterocycles. The van der Waals surface area contributed by atoms with Crippen LogP contribution in [0, 0.1) is 19.7 Å². The van der Waals surface area contributed by atoms with Crippen molar-refractivity contribution in [2.24, 2.45) is 7.05 Å². The van der Waals surface area contributed by atoms with E-state index in [-0.39, 0.29) is 24.0 Å². The summed E-state index contributed by atoms with van der Waals surface area (Å²) < 4.78 is 15.4. The van der Waals surface area contributed by atoms with Gasteiger partial charge in [0.05, 0.1) is 17.9 Å². The van der Waals surface area contributed by atoms with Crippen molar-refractivity contribution in [1.29, 1.82) is 0 Å². The predicted molar refractivity (Wildman–Crippen MR) is 105 cm³/mol. The van der Waals surface area contributed by atoms with E-state index >= 15 is 0 Å². The molecular weight excluding hydrogens is 361 g/mol. The summed E-state index contributed by atoms with van der Waals surface area (Å²) in [5.41, 5.74) is 2.45. The van der Waals surface area contributed by atoms with Crippen molar-refractivity contribution in [3.05, 3.63) is 47.0 Å². The van der Waals surface area contributed by atoms with Crippen LogP contribution in [0.3, 0.4) is 0 Å². The standard InChI is InChI=1S/C20H26FN5O2/c1-14-5-6-16(21)17(11-14)22-19(27)13-25-7-4-8-26(10-9-25)20(28)18-12-15(2)23-24(18)3/h5-6,11-12H,4,7-10,13H2,1-3H3,(H,22,27). The number of hydrogen-bond acceptors (Lipinski definition) is 4. The number of nitrogens with zero attached hydrogens (tertiary/aromatic N) is 4. The molecule has 3 rings (SSSR count). The Morgan fingerprint density at radius 2 is 1.93 bits per heavy atom. The third-order valence-electron chi connectivity index (χ3n) is 4.86. The number of nitrogens with one attached hydrogen (secondary N) is 1. The minimum Gasteiger partial charge on any atom is -0.336 e. The fourth-order valence-electron chi connectivity index (χ4n) is 3.43. The van der Waals surface area contributed by atoms with Gasteiger partial charge in [-0.25, -0.2) is 4.39 Å². The monoisotopic (exact) mass is 387 g/mol. The zero-order chi connectivity index (χ0) is 20.3. The lowest BCUT2D eigenvalue weighted by atomic mass is 10.2. The number of benzene rings is 1. The third kappa shape index (κ3) is 4.75. The molecule has 2 amide bonds. The van der Waals surface area contributed by atoms with Gasteiger partial charge in [-0.15, -0.1) is 0 Å². The second kappa shape index (κ2) is 8.52. The van der Waals surface area contributed by atoms with Gasteiger partial charge in [0.15, 0.2) is 0 Å². The Kier molecular flexibility index (Phi) is 6.08. The predicted octanol–water partition coefficient (Wildman–Crippen LogP) is 1.96. The van der Waals surface area contributed by atoms with Gasteiger partial charge >= 0.3 is 0 Å². The van der Waals surface area contributed by atoms with Gasteiger partial charge in [0.1, 0.15) is 11.5 Å². The summed E-state index contributed by atoms with van der Waals surface area (Å²) in [5.74, 6) is -0.749. The van der Waals surface area contributed by atoms with Crippen LogP contribution in [-0.2, 0) is 11.8 Å². The van der Waals surface area contributed by atoms with Crippen LogP contribution in [0.1, 0.15) is 28.2 Å². The topological polar surface area (TPSA) is 70.5 Å². The first-order valence-electron chi connectivity index (χ1n) is 9.42. The highest BCUT2D eigenvalue weighted by atomic mass is 19.1. The van der Waals surface area contributed by atoms with Crippen molar-refractivity contribution in [1.82, 2.24) is 19.6 Å². The molecule has 1 saturated heterocycles. The van der Waals surface area contributed by atoms with E-state index in [0.29, 0.717) is 31.9 Å². The van der Waals surface area contributed by atoms with E-state index in [9.17, 15) is 14.0 Å². The second-order valence-electron chi connectivity index (χ2n) is 7.25. The molecule has 7 nitrogen and oxygen atoms in total. The maximum atomic E-state index is 13.8. The molecule has 0 aliphatic carbocycles. The van der Waals surface area contributed by atoms with Crippen molar-refractivity contribution < 1.29 is 14.0 Å². The van der Waals surface area contributed by atoms with Gasteiger partial charge < -0.3 is 10.2 Å². The summed E-state index contributed by atoms with van der Waals surface area (Å²) in [6, 6.07) is 6.41. The smallest absolute Gasteiger partial charge is 0.272 e. The molecule has 150 valence electrons. The molecule has 1 aliphatic rings. The molecule has 0 atom stereocenters. The fourth-order valence-corrected chi connectivity index (χ4v) is 3.43. The van der Waals surface area contributed by atoms with Gasteiger partial charge in [0, 0.05) is 33.2 Å². The molecule has 1 aromatic carbocycles. The highest BCUT2D eigenvalue weighted by Crippen LogP contribution is 2.16. The average Bonchev–Trinajstić information content (AvgIpc) is 2.83. The molecule has 0 spiro atoms. The van der Waals surface area contributed by atoms with E-state index in [1.165, 1.54) is 6.07 Å². The highest BCUT2D eigenvalue weighted by molar-refractivity contribution is 5.93. The first-order valence-corrected chi connectivity index (χ1v) is 9.42. The number of amides is 2. The van der Waals surface area contributed by atoms with Crippen molar-refractivity contribution in [2.45, 2.75) is 20.3 Å². The normalized spacial score (nSPS) is 15.4. The molecule has 0 unspecified atom stereocenters. The second-order valence-corrected chi connectivity index (χ2v) is 7.25. The van der Waals surface area contributed by atoms with E-state index in [2.05, 4.69) is 10.4 Å². The third-order valence-corrected chi connectivity index (χ3v) is 4.86. The first kappa shape index (κ1) is 20.0. The summed E-state index contributed by atoms with van der Waals surface area (Å²) in [4.78, 5) is 28.9. The van der Waals surface area contributed by atoms with Crippen LogP contribution in [0.2, 0.25) is 0 Å². The van der Waals surface area contributed by atoms with Crippen molar-refractivity contribution in [3.63, 3.8) is 0 Å². The molecule has 28 heavy (non-hydrogen) atoms. The molecular formula is C20H26FN5O2. The summed E-state index contributed by atoms with van der Waals surface area (Å²) in [5, 5.41) is 6.87. The Bertz CT molecular complexity index is 879. The van der Waals surface area contributed by atoms with Crippen LogP contribution in [0.4, 0.5) is 10.1 Å². The molecule has 0 saturated carbocycles. The van der Waals surface area contributed by atoms with Crippen LogP contribution in [0.15, 0.2) is 24.3 Å². The molecule has 1 aromatic heterocycles. The molecule has 2 aromatic rings. The average molecular weight is 387 g/mol. The van der Waals surface area contributed by atoms with Gasteiger partial charge in [-0.3, -0.25) is 19.2 Å². The van der Waals surface area contributed by atoms with E-state index < -0.39 is 5.82 Å². The molecule has 8 heteroatoms. The lowest BCUT2D eigenvalue weighted by Gasteiger charge is -2.21. The minimum absolute atomic E-state index is 0.0452. The number of carbonyl (C=O) groups is 2. The summed E-state index contributed by atoms with van der Waals surface area (Å²) >= 11 is 0. The van der Waals surface area contributed by atoms with Crippen LogP contribution in [-0.4, -0.2) is 64.1 Å². The summed E-state index contributed by atoms with van der Waals surface area (Å²) in [6.07, 6.45) is 0.772. The van der Waals surface area contributed by atoms with E-state index in [4.69, 9.17) is 0 Å². The molecule has 0 radical (unpaired) electrons. The number of halogens is 1. The Hall–Kier alpha value is -2.74. The number of rotatable bonds is 4. The number of anilines is 1. The van der Waals surface area contributed by atoms with Crippen molar-refractivity contribution >= 4 is 17.5 Å². The lowest BCUT2D eigenvalue weighted by molar-refractivity contribution is -0.117.